The largest absolute Gasteiger partial charge is 0.361 e. The van der Waals surface area contributed by atoms with Crippen molar-refractivity contribution in [3.8, 4) is 0 Å². The van der Waals surface area contributed by atoms with Gasteiger partial charge in [0.15, 0.2) is 0 Å². The second kappa shape index (κ2) is 7.72. The number of amides is 2. The van der Waals surface area contributed by atoms with Crippen molar-refractivity contribution in [3.05, 3.63) is 69.4 Å². The lowest BCUT2D eigenvalue weighted by molar-refractivity contribution is -0.131. The van der Waals surface area contributed by atoms with E-state index in [-0.39, 0.29) is 11.8 Å². The van der Waals surface area contributed by atoms with Crippen LogP contribution in [0.5, 0.6) is 0 Å². The molecular weight excluding hydrogens is 453 g/mol. The quantitative estimate of drug-likeness (QED) is 0.594. The Balaban J connectivity index is 1.37. The second-order valence-electron chi connectivity index (χ2n) is 6.72. The van der Waals surface area contributed by atoms with Crippen molar-refractivity contribution in [2.75, 3.05) is 26.2 Å². The van der Waals surface area contributed by atoms with Gasteiger partial charge in [-0.15, -0.1) is 0 Å². The molecule has 1 aromatic heterocycles. The van der Waals surface area contributed by atoms with Crippen LogP contribution < -0.4 is 0 Å². The number of carbonyl (C=O) groups is 2. The van der Waals surface area contributed by atoms with Crippen molar-refractivity contribution in [2.24, 2.45) is 0 Å². The number of piperazine rings is 1. The smallest absolute Gasteiger partial charge is 0.254 e. The Hall–Kier alpha value is -2.35. The molecule has 0 radical (unpaired) electrons. The molecule has 6 heteroatoms. The van der Waals surface area contributed by atoms with Crippen molar-refractivity contribution >= 4 is 45.3 Å². The SMILES string of the molecule is O=C(Cc1c[nH]c2ccccc12)N1CCN(C(=O)c2cccc(I)c2)CC1. The maximum absolute atomic E-state index is 12.7. The van der Waals surface area contributed by atoms with Crippen LogP contribution in [0.25, 0.3) is 10.9 Å². The van der Waals surface area contributed by atoms with E-state index in [9.17, 15) is 9.59 Å². The van der Waals surface area contributed by atoms with Gasteiger partial charge < -0.3 is 14.8 Å². The molecule has 2 heterocycles. The molecule has 0 saturated carbocycles. The molecule has 1 N–H and O–H groups in total. The summed E-state index contributed by atoms with van der Waals surface area (Å²) in [5.41, 5.74) is 2.78. The summed E-state index contributed by atoms with van der Waals surface area (Å²) in [5, 5.41) is 1.10. The molecule has 3 aromatic rings. The van der Waals surface area contributed by atoms with Crippen molar-refractivity contribution in [3.63, 3.8) is 0 Å². The number of benzene rings is 2. The van der Waals surface area contributed by atoms with Gasteiger partial charge in [0.05, 0.1) is 6.42 Å². The average Bonchev–Trinajstić information content (AvgIpc) is 3.10. The van der Waals surface area contributed by atoms with E-state index in [0.29, 0.717) is 38.2 Å². The van der Waals surface area contributed by atoms with E-state index in [0.717, 1.165) is 20.0 Å². The summed E-state index contributed by atoms with van der Waals surface area (Å²) < 4.78 is 1.05. The van der Waals surface area contributed by atoms with Crippen LogP contribution in [0.3, 0.4) is 0 Å². The highest BCUT2D eigenvalue weighted by Gasteiger charge is 2.25. The Kier molecular flexibility index (Phi) is 5.15. The third kappa shape index (κ3) is 3.85. The summed E-state index contributed by atoms with van der Waals surface area (Å²) in [6.45, 7) is 2.31. The molecule has 1 fully saturated rings. The third-order valence-electron chi connectivity index (χ3n) is 5.01. The Bertz CT molecular complexity index is 990. The first-order valence-electron chi connectivity index (χ1n) is 8.99. The number of H-pyrrole nitrogens is 1. The van der Waals surface area contributed by atoms with Crippen LogP contribution in [0.4, 0.5) is 0 Å². The molecule has 1 aliphatic heterocycles. The van der Waals surface area contributed by atoms with E-state index in [1.807, 2.05) is 64.5 Å². The number of nitrogens with one attached hydrogen (secondary N) is 1. The van der Waals surface area contributed by atoms with Gasteiger partial charge in [-0.25, -0.2) is 0 Å². The molecule has 2 aromatic carbocycles. The first-order chi connectivity index (χ1) is 13.1. The van der Waals surface area contributed by atoms with E-state index in [1.165, 1.54) is 0 Å². The number of carbonyl (C=O) groups excluding carboxylic acids is 2. The Labute approximate surface area is 171 Å². The molecule has 1 aliphatic rings. The zero-order valence-electron chi connectivity index (χ0n) is 14.8. The van der Waals surface area contributed by atoms with E-state index in [1.54, 1.807) is 0 Å². The van der Waals surface area contributed by atoms with Crippen LogP contribution >= 0.6 is 22.6 Å². The molecule has 1 saturated heterocycles. The predicted octanol–water partition coefficient (Wildman–Crippen LogP) is 3.30. The standard InChI is InChI=1S/C21H20IN3O2/c22-17-5-3-4-15(12-17)21(27)25-10-8-24(9-11-25)20(26)13-16-14-23-19-7-2-1-6-18(16)19/h1-7,12,14,23H,8-11,13H2. The summed E-state index contributed by atoms with van der Waals surface area (Å²) >= 11 is 2.21. The highest BCUT2D eigenvalue weighted by Crippen LogP contribution is 2.19. The highest BCUT2D eigenvalue weighted by atomic mass is 127. The van der Waals surface area contributed by atoms with Crippen LogP contribution in [-0.2, 0) is 11.2 Å². The van der Waals surface area contributed by atoms with Gasteiger partial charge in [0.2, 0.25) is 5.91 Å². The topological polar surface area (TPSA) is 56.4 Å². The van der Waals surface area contributed by atoms with E-state index in [4.69, 9.17) is 0 Å². The summed E-state index contributed by atoms with van der Waals surface area (Å²) in [5.74, 6) is 0.151. The average molecular weight is 473 g/mol. The predicted molar refractivity (Wildman–Crippen MR) is 114 cm³/mol. The Morgan fingerprint density at radius 3 is 2.48 bits per heavy atom. The minimum atomic E-state index is 0.0391. The van der Waals surface area contributed by atoms with Gasteiger partial charge >= 0.3 is 0 Å². The van der Waals surface area contributed by atoms with E-state index >= 15 is 0 Å². The number of hydrogen-bond acceptors (Lipinski definition) is 2. The van der Waals surface area contributed by atoms with Gasteiger partial charge in [-0.3, -0.25) is 9.59 Å². The summed E-state index contributed by atoms with van der Waals surface area (Å²) in [4.78, 5) is 32.3. The zero-order valence-corrected chi connectivity index (χ0v) is 17.0. The summed E-state index contributed by atoms with van der Waals surface area (Å²) in [7, 11) is 0. The first-order valence-corrected chi connectivity index (χ1v) is 10.1. The molecule has 27 heavy (non-hydrogen) atoms. The van der Waals surface area contributed by atoms with E-state index < -0.39 is 0 Å². The summed E-state index contributed by atoms with van der Waals surface area (Å²) in [6.07, 6.45) is 2.30. The maximum atomic E-state index is 12.7. The van der Waals surface area contributed by atoms with Gasteiger partial charge in [0.1, 0.15) is 0 Å². The fourth-order valence-corrected chi connectivity index (χ4v) is 4.06. The first kappa shape index (κ1) is 18.0. The van der Waals surface area contributed by atoms with Gasteiger partial charge in [-0.05, 0) is 52.4 Å². The molecule has 138 valence electrons. The van der Waals surface area contributed by atoms with Crippen LogP contribution in [-0.4, -0.2) is 52.8 Å². The molecule has 0 atom stereocenters. The van der Waals surface area contributed by atoms with E-state index in [2.05, 4.69) is 27.6 Å². The molecule has 0 spiro atoms. The lowest BCUT2D eigenvalue weighted by Gasteiger charge is -2.35. The Morgan fingerprint density at radius 2 is 1.70 bits per heavy atom. The number of para-hydroxylation sites is 1. The number of rotatable bonds is 3. The van der Waals surface area contributed by atoms with Crippen LogP contribution in [0.1, 0.15) is 15.9 Å². The fourth-order valence-electron chi connectivity index (χ4n) is 3.52. The van der Waals surface area contributed by atoms with Crippen LogP contribution in [0.2, 0.25) is 0 Å². The fraction of sp³-hybridized carbons (Fsp3) is 0.238. The molecule has 5 nitrogen and oxygen atoms in total. The van der Waals surface area contributed by atoms with Crippen LogP contribution in [0, 0.1) is 3.57 Å². The lowest BCUT2D eigenvalue weighted by atomic mass is 10.1. The molecule has 0 bridgehead atoms. The highest BCUT2D eigenvalue weighted by molar-refractivity contribution is 14.1. The minimum absolute atomic E-state index is 0.0391. The van der Waals surface area contributed by atoms with Gasteiger partial charge in [-0.1, -0.05) is 24.3 Å². The molecule has 4 rings (SSSR count). The Morgan fingerprint density at radius 1 is 0.963 bits per heavy atom. The normalized spacial score (nSPS) is 14.6. The van der Waals surface area contributed by atoms with Gasteiger partial charge in [0, 0.05) is 52.4 Å². The molecule has 2 amide bonds. The van der Waals surface area contributed by atoms with Crippen molar-refractivity contribution < 1.29 is 9.59 Å². The summed E-state index contributed by atoms with van der Waals surface area (Å²) in [6, 6.07) is 15.6. The van der Waals surface area contributed by atoms with Crippen LogP contribution in [0.15, 0.2) is 54.7 Å². The number of aromatic nitrogens is 1. The van der Waals surface area contributed by atoms with Crippen molar-refractivity contribution in [1.29, 1.82) is 0 Å². The lowest BCUT2D eigenvalue weighted by Crippen LogP contribution is -2.51. The second-order valence-corrected chi connectivity index (χ2v) is 7.97. The van der Waals surface area contributed by atoms with Crippen molar-refractivity contribution in [1.82, 2.24) is 14.8 Å². The van der Waals surface area contributed by atoms with Gasteiger partial charge in [0.25, 0.3) is 5.91 Å². The number of nitrogens with zero attached hydrogens (tertiary/aromatic N) is 2. The number of hydrogen-bond donors (Lipinski definition) is 1. The minimum Gasteiger partial charge on any atom is -0.361 e. The number of halogens is 1. The maximum Gasteiger partial charge on any atom is 0.254 e. The van der Waals surface area contributed by atoms with Crippen molar-refractivity contribution in [2.45, 2.75) is 6.42 Å². The monoisotopic (exact) mass is 473 g/mol. The number of aromatic amines is 1. The number of fused-ring (bicyclic) bond motifs is 1. The molecule has 0 unspecified atom stereocenters. The third-order valence-corrected chi connectivity index (χ3v) is 5.68. The molecule has 0 aliphatic carbocycles. The molecular formula is C21H20IN3O2. The van der Waals surface area contributed by atoms with Gasteiger partial charge in [-0.2, -0.15) is 0 Å². The zero-order chi connectivity index (χ0) is 18.8.